The highest BCUT2D eigenvalue weighted by molar-refractivity contribution is 6.83. The molecule has 0 saturated carbocycles. The summed E-state index contributed by atoms with van der Waals surface area (Å²) in [7, 11) is -1.02. The van der Waals surface area contributed by atoms with Crippen LogP contribution < -0.4 is 0 Å². The van der Waals surface area contributed by atoms with Crippen molar-refractivity contribution >= 4 is 20.0 Å². The first-order valence-corrected chi connectivity index (χ1v) is 14.7. The van der Waals surface area contributed by atoms with Gasteiger partial charge in [0.2, 0.25) is 0 Å². The highest BCUT2D eigenvalue weighted by atomic mass is 28.3. The van der Waals surface area contributed by atoms with Gasteiger partial charge in [-0.3, -0.25) is 9.59 Å². The number of carbonyl (C=O) groups excluding carboxylic acids is 2. The van der Waals surface area contributed by atoms with Crippen molar-refractivity contribution in [3.05, 3.63) is 12.7 Å². The summed E-state index contributed by atoms with van der Waals surface area (Å²) < 4.78 is 21.9. The molecule has 3 atom stereocenters. The van der Waals surface area contributed by atoms with Crippen molar-refractivity contribution in [3.63, 3.8) is 0 Å². The molecular formula is C25H44O6Si. The minimum atomic E-state index is -1.02. The van der Waals surface area contributed by atoms with Crippen LogP contribution in [0, 0.1) is 22.3 Å². The molecule has 0 radical (unpaired) electrons. The van der Waals surface area contributed by atoms with E-state index in [9.17, 15) is 9.59 Å². The maximum Gasteiger partial charge on any atom is 0.311 e. The molecule has 32 heavy (non-hydrogen) atoms. The van der Waals surface area contributed by atoms with Gasteiger partial charge in [-0.2, -0.15) is 0 Å². The summed E-state index contributed by atoms with van der Waals surface area (Å²) in [6.45, 7) is 24.4. The predicted octanol–water partition coefficient (Wildman–Crippen LogP) is 4.78. The largest absolute Gasteiger partial charge is 0.465 e. The zero-order valence-corrected chi connectivity index (χ0v) is 22.8. The summed E-state index contributed by atoms with van der Waals surface area (Å²) in [5, 5.41) is 0. The van der Waals surface area contributed by atoms with Crippen LogP contribution in [0.25, 0.3) is 0 Å². The molecular weight excluding hydrogens is 424 g/mol. The third-order valence-electron chi connectivity index (χ3n) is 4.08. The van der Waals surface area contributed by atoms with Crippen LogP contribution in [0.1, 0.15) is 54.9 Å². The molecule has 184 valence electrons. The van der Waals surface area contributed by atoms with Crippen molar-refractivity contribution in [1.29, 1.82) is 0 Å². The number of epoxide rings is 1. The van der Waals surface area contributed by atoms with Gasteiger partial charge in [0.15, 0.2) is 0 Å². The number of ether oxygens (including phenoxy) is 4. The number of hydrogen-bond donors (Lipinski definition) is 0. The van der Waals surface area contributed by atoms with Crippen LogP contribution in [-0.2, 0) is 28.5 Å². The van der Waals surface area contributed by atoms with Crippen molar-refractivity contribution in [3.8, 4) is 11.5 Å². The average molecular weight is 469 g/mol. The second-order valence-electron chi connectivity index (χ2n) is 10.9. The SMILES string of the molecule is C=CC(OC(=O)C(C)(C)C)[C@H](OCCCOC(=O)C(C)(C)C)[C@H]1CO1.CC#C[Si](C)(C)C. The molecule has 0 aliphatic carbocycles. The molecule has 0 aromatic heterocycles. The third-order valence-corrected chi connectivity index (χ3v) is 5.08. The first-order chi connectivity index (χ1) is 14.5. The Balaban J connectivity index is 0.00000118. The van der Waals surface area contributed by atoms with E-state index >= 15 is 0 Å². The fourth-order valence-electron chi connectivity index (χ4n) is 2.24. The fraction of sp³-hybridized carbons (Fsp3) is 0.760. The molecule has 1 rings (SSSR count). The van der Waals surface area contributed by atoms with Crippen molar-refractivity contribution in [1.82, 2.24) is 0 Å². The molecule has 1 aliphatic rings. The van der Waals surface area contributed by atoms with Gasteiger partial charge < -0.3 is 18.9 Å². The Morgan fingerprint density at radius 1 is 1.09 bits per heavy atom. The minimum Gasteiger partial charge on any atom is -0.465 e. The van der Waals surface area contributed by atoms with Crippen LogP contribution in [0.3, 0.4) is 0 Å². The molecule has 0 aromatic carbocycles. The lowest BCUT2D eigenvalue weighted by Gasteiger charge is -2.27. The number of carbonyl (C=O) groups is 2. The zero-order valence-electron chi connectivity index (χ0n) is 21.8. The van der Waals surface area contributed by atoms with E-state index in [1.807, 2.05) is 27.7 Å². The van der Waals surface area contributed by atoms with Gasteiger partial charge in [0.1, 0.15) is 26.4 Å². The smallest absolute Gasteiger partial charge is 0.311 e. The molecule has 1 heterocycles. The molecule has 1 unspecified atom stereocenters. The Labute approximate surface area is 196 Å². The van der Waals surface area contributed by atoms with Crippen molar-refractivity contribution in [2.24, 2.45) is 10.8 Å². The Kier molecular flexibility index (Phi) is 12.5. The molecule has 0 N–H and O–H groups in total. The lowest BCUT2D eigenvalue weighted by atomic mass is 9.97. The highest BCUT2D eigenvalue weighted by Gasteiger charge is 2.41. The monoisotopic (exact) mass is 468 g/mol. The average Bonchev–Trinajstić information content (AvgIpc) is 3.45. The van der Waals surface area contributed by atoms with Gasteiger partial charge in [-0.25, -0.2) is 0 Å². The Bertz CT molecular complexity index is 666. The van der Waals surface area contributed by atoms with E-state index in [0.717, 1.165) is 0 Å². The molecule has 0 spiro atoms. The summed E-state index contributed by atoms with van der Waals surface area (Å²) >= 11 is 0. The van der Waals surface area contributed by atoms with E-state index in [0.29, 0.717) is 19.6 Å². The summed E-state index contributed by atoms with van der Waals surface area (Å²) in [5.74, 6) is 2.37. The maximum absolute atomic E-state index is 12.1. The van der Waals surface area contributed by atoms with Gasteiger partial charge in [0.25, 0.3) is 0 Å². The normalized spacial score (nSPS) is 17.5. The summed E-state index contributed by atoms with van der Waals surface area (Å²) in [6, 6.07) is 0. The summed E-state index contributed by atoms with van der Waals surface area (Å²) in [5.41, 5.74) is 2.06. The summed E-state index contributed by atoms with van der Waals surface area (Å²) in [6.07, 6.45) is 1.05. The molecule has 0 aromatic rings. The Morgan fingerprint density at radius 2 is 1.62 bits per heavy atom. The number of esters is 2. The van der Waals surface area contributed by atoms with Gasteiger partial charge in [0, 0.05) is 6.42 Å². The van der Waals surface area contributed by atoms with E-state index in [2.05, 4.69) is 37.7 Å². The number of rotatable bonds is 9. The van der Waals surface area contributed by atoms with Crippen molar-refractivity contribution < 1.29 is 28.5 Å². The van der Waals surface area contributed by atoms with E-state index in [-0.39, 0.29) is 24.6 Å². The molecule has 1 aliphatic heterocycles. The van der Waals surface area contributed by atoms with Gasteiger partial charge in [-0.15, -0.1) is 11.5 Å². The second-order valence-corrected chi connectivity index (χ2v) is 15.7. The molecule has 6 nitrogen and oxygen atoms in total. The van der Waals surface area contributed by atoms with E-state index in [1.165, 1.54) is 0 Å². The lowest BCUT2D eigenvalue weighted by molar-refractivity contribution is -0.164. The number of hydrogen-bond acceptors (Lipinski definition) is 6. The quantitative estimate of drug-likeness (QED) is 0.121. The Morgan fingerprint density at radius 3 is 1.97 bits per heavy atom. The van der Waals surface area contributed by atoms with Crippen LogP contribution in [0.5, 0.6) is 0 Å². The predicted molar refractivity (Wildman–Crippen MR) is 131 cm³/mol. The molecule has 7 heteroatoms. The van der Waals surface area contributed by atoms with E-state index in [1.54, 1.807) is 26.8 Å². The van der Waals surface area contributed by atoms with E-state index in [4.69, 9.17) is 18.9 Å². The first-order valence-electron chi connectivity index (χ1n) is 11.2. The maximum atomic E-state index is 12.1. The van der Waals surface area contributed by atoms with Crippen molar-refractivity contribution in [2.45, 2.75) is 92.8 Å². The van der Waals surface area contributed by atoms with Crippen LogP contribution in [-0.4, -0.2) is 58.1 Å². The topological polar surface area (TPSA) is 74.4 Å². The first kappa shape index (κ1) is 30.4. The summed E-state index contributed by atoms with van der Waals surface area (Å²) in [4.78, 5) is 23.8. The second kappa shape index (κ2) is 13.2. The van der Waals surface area contributed by atoms with Gasteiger partial charge in [-0.05, 0) is 54.5 Å². The molecule has 1 saturated heterocycles. The standard InChI is InChI=1S/C19H32O6.C6H12Si/c1-8-13(25-17(21)19(5,6)7)15(14-12-24-14)22-10-9-11-23-16(20)18(2,3)4;1-5-6-7(2,3)4/h8,13-15H,1,9-12H2,2-7H3;1-4H3/t13?,14-,15+;/m1./s1. The van der Waals surface area contributed by atoms with Gasteiger partial charge in [-0.1, -0.05) is 26.2 Å². The van der Waals surface area contributed by atoms with Gasteiger partial charge in [0.05, 0.1) is 30.7 Å². The van der Waals surface area contributed by atoms with Crippen LogP contribution in [0.4, 0.5) is 0 Å². The van der Waals surface area contributed by atoms with Crippen LogP contribution in [0.2, 0.25) is 19.6 Å². The zero-order chi connectivity index (χ0) is 25.2. The van der Waals surface area contributed by atoms with Gasteiger partial charge >= 0.3 is 11.9 Å². The third kappa shape index (κ3) is 13.7. The molecule has 1 fully saturated rings. The Hall–Kier alpha value is -1.62. The van der Waals surface area contributed by atoms with Crippen molar-refractivity contribution in [2.75, 3.05) is 19.8 Å². The fourth-order valence-corrected chi connectivity index (χ4v) is 2.99. The molecule has 0 bridgehead atoms. The van der Waals surface area contributed by atoms with Crippen LogP contribution in [0.15, 0.2) is 12.7 Å². The lowest BCUT2D eigenvalue weighted by Crippen LogP contribution is -2.39. The minimum absolute atomic E-state index is 0.104. The molecule has 0 amide bonds. The van der Waals surface area contributed by atoms with Crippen LogP contribution >= 0.6 is 0 Å². The van der Waals surface area contributed by atoms with E-state index < -0.39 is 31.1 Å². The highest BCUT2D eigenvalue weighted by Crippen LogP contribution is 2.25.